The number of alkyl halides is 3. The lowest BCUT2D eigenvalue weighted by Gasteiger charge is -2.11. The van der Waals surface area contributed by atoms with Crippen molar-refractivity contribution in [2.24, 2.45) is 0 Å². The summed E-state index contributed by atoms with van der Waals surface area (Å²) in [6, 6.07) is 3.48. The SMILES string of the molecule is OCCc1cc(F)c(Oc2ccnc(C(F)(F)F)c2)c(F)c1. The largest absolute Gasteiger partial charge is 0.451 e. The van der Waals surface area contributed by atoms with E-state index in [0.717, 1.165) is 24.4 Å². The van der Waals surface area contributed by atoms with Gasteiger partial charge < -0.3 is 9.84 Å². The van der Waals surface area contributed by atoms with Crippen molar-refractivity contribution in [1.29, 1.82) is 0 Å². The predicted molar refractivity (Wildman–Crippen MR) is 66.5 cm³/mol. The Morgan fingerprint density at radius 1 is 1.09 bits per heavy atom. The summed E-state index contributed by atoms with van der Waals surface area (Å²) in [4.78, 5) is 3.12. The Kier molecular flexibility index (Phi) is 4.60. The highest BCUT2D eigenvalue weighted by atomic mass is 19.4. The lowest BCUT2D eigenvalue weighted by atomic mass is 10.1. The quantitative estimate of drug-likeness (QED) is 0.874. The molecule has 0 aliphatic heterocycles. The van der Waals surface area contributed by atoms with Crippen molar-refractivity contribution >= 4 is 0 Å². The fourth-order valence-electron chi connectivity index (χ4n) is 1.73. The van der Waals surface area contributed by atoms with Gasteiger partial charge in [-0.3, -0.25) is 4.98 Å². The van der Waals surface area contributed by atoms with E-state index in [0.29, 0.717) is 6.07 Å². The lowest BCUT2D eigenvalue weighted by molar-refractivity contribution is -0.141. The number of aliphatic hydroxyl groups is 1. The minimum atomic E-state index is -4.69. The molecule has 0 saturated carbocycles. The van der Waals surface area contributed by atoms with Gasteiger partial charge in [-0.05, 0) is 30.2 Å². The molecule has 3 nitrogen and oxygen atoms in total. The van der Waals surface area contributed by atoms with Gasteiger partial charge in [0.1, 0.15) is 11.4 Å². The summed E-state index contributed by atoms with van der Waals surface area (Å²) in [6.45, 7) is -0.293. The van der Waals surface area contributed by atoms with Crippen LogP contribution in [0.5, 0.6) is 11.5 Å². The van der Waals surface area contributed by atoms with Gasteiger partial charge in [0, 0.05) is 18.9 Å². The van der Waals surface area contributed by atoms with Crippen molar-refractivity contribution < 1.29 is 31.8 Å². The highest BCUT2D eigenvalue weighted by Crippen LogP contribution is 2.33. The van der Waals surface area contributed by atoms with Gasteiger partial charge in [-0.2, -0.15) is 13.2 Å². The van der Waals surface area contributed by atoms with Crippen LogP contribution in [0.4, 0.5) is 22.0 Å². The average Bonchev–Trinajstić information content (AvgIpc) is 2.43. The smallest absolute Gasteiger partial charge is 0.433 e. The topological polar surface area (TPSA) is 42.4 Å². The Morgan fingerprint density at radius 3 is 2.27 bits per heavy atom. The van der Waals surface area contributed by atoms with Crippen LogP contribution in [0.1, 0.15) is 11.3 Å². The summed E-state index contributed by atoms with van der Waals surface area (Å²) in [7, 11) is 0. The normalized spacial score (nSPS) is 11.5. The molecule has 0 atom stereocenters. The fourth-order valence-corrected chi connectivity index (χ4v) is 1.73. The Morgan fingerprint density at radius 2 is 1.73 bits per heavy atom. The van der Waals surface area contributed by atoms with Gasteiger partial charge in [0.05, 0.1) is 0 Å². The van der Waals surface area contributed by atoms with E-state index in [2.05, 4.69) is 4.98 Å². The first-order valence-corrected chi connectivity index (χ1v) is 6.11. The minimum absolute atomic E-state index is 0.0433. The van der Waals surface area contributed by atoms with Gasteiger partial charge in [-0.1, -0.05) is 0 Å². The maximum Gasteiger partial charge on any atom is 0.433 e. The third-order valence-electron chi connectivity index (χ3n) is 2.70. The molecule has 118 valence electrons. The summed E-state index contributed by atoms with van der Waals surface area (Å²) >= 11 is 0. The van der Waals surface area contributed by atoms with Crippen molar-refractivity contribution in [1.82, 2.24) is 4.98 Å². The summed E-state index contributed by atoms with van der Waals surface area (Å²) < 4.78 is 69.9. The molecule has 0 unspecified atom stereocenters. The summed E-state index contributed by atoms with van der Waals surface area (Å²) in [5.41, 5.74) is -1.03. The molecule has 1 N–H and O–H groups in total. The molecule has 0 aliphatic carbocycles. The minimum Gasteiger partial charge on any atom is -0.451 e. The van der Waals surface area contributed by atoms with Crippen LogP contribution in [0, 0.1) is 11.6 Å². The van der Waals surface area contributed by atoms with Crippen LogP contribution < -0.4 is 4.74 Å². The van der Waals surface area contributed by atoms with Crippen LogP contribution in [0.25, 0.3) is 0 Å². The molecule has 0 bridgehead atoms. The highest BCUT2D eigenvalue weighted by Gasteiger charge is 2.32. The highest BCUT2D eigenvalue weighted by molar-refractivity contribution is 5.36. The number of nitrogens with zero attached hydrogens (tertiary/aromatic N) is 1. The molecule has 1 aromatic carbocycles. The van der Waals surface area contributed by atoms with Gasteiger partial charge in [-0.15, -0.1) is 0 Å². The fraction of sp³-hybridized carbons (Fsp3) is 0.214. The third kappa shape index (κ3) is 3.70. The number of hydrogen-bond acceptors (Lipinski definition) is 3. The molecule has 0 aliphatic rings. The molecule has 0 radical (unpaired) electrons. The van der Waals surface area contributed by atoms with E-state index in [1.54, 1.807) is 0 Å². The first-order valence-electron chi connectivity index (χ1n) is 6.11. The average molecular weight is 319 g/mol. The first-order chi connectivity index (χ1) is 10.3. The van der Waals surface area contributed by atoms with Gasteiger partial charge in [0.15, 0.2) is 17.4 Å². The van der Waals surface area contributed by atoms with Crippen LogP contribution in [0.2, 0.25) is 0 Å². The lowest BCUT2D eigenvalue weighted by Crippen LogP contribution is -2.07. The van der Waals surface area contributed by atoms with Crippen LogP contribution in [0.3, 0.4) is 0 Å². The Bertz CT molecular complexity index is 650. The number of hydrogen-bond donors (Lipinski definition) is 1. The number of aromatic nitrogens is 1. The Balaban J connectivity index is 2.31. The van der Waals surface area contributed by atoms with E-state index in [-0.39, 0.29) is 18.6 Å². The van der Waals surface area contributed by atoms with Crippen molar-refractivity contribution in [2.45, 2.75) is 12.6 Å². The van der Waals surface area contributed by atoms with E-state index >= 15 is 0 Å². The first kappa shape index (κ1) is 16.2. The maximum absolute atomic E-state index is 13.8. The third-order valence-corrected chi connectivity index (χ3v) is 2.70. The van der Waals surface area contributed by atoms with Gasteiger partial charge in [-0.25, -0.2) is 8.78 Å². The zero-order valence-electron chi connectivity index (χ0n) is 11.0. The number of rotatable bonds is 4. The molecular weight excluding hydrogens is 309 g/mol. The summed E-state index contributed by atoms with van der Waals surface area (Å²) in [5.74, 6) is -3.36. The number of aliphatic hydroxyl groups excluding tert-OH is 1. The number of halogens is 5. The van der Waals surface area contributed by atoms with Crippen LogP contribution in [-0.4, -0.2) is 16.7 Å². The molecule has 0 fully saturated rings. The van der Waals surface area contributed by atoms with E-state index in [4.69, 9.17) is 9.84 Å². The zero-order chi connectivity index (χ0) is 16.3. The van der Waals surface area contributed by atoms with Crippen molar-refractivity contribution in [3.63, 3.8) is 0 Å². The van der Waals surface area contributed by atoms with Crippen LogP contribution >= 0.6 is 0 Å². The molecule has 8 heteroatoms. The Hall–Kier alpha value is -2.22. The van der Waals surface area contributed by atoms with E-state index in [1.165, 1.54) is 0 Å². The molecule has 22 heavy (non-hydrogen) atoms. The summed E-state index contributed by atoms with van der Waals surface area (Å²) in [5, 5.41) is 8.72. The van der Waals surface area contributed by atoms with Crippen LogP contribution in [0.15, 0.2) is 30.5 Å². The summed E-state index contributed by atoms with van der Waals surface area (Å²) in [6.07, 6.45) is -3.82. The molecule has 0 amide bonds. The number of benzene rings is 1. The zero-order valence-corrected chi connectivity index (χ0v) is 11.0. The van der Waals surface area contributed by atoms with E-state index < -0.39 is 35.0 Å². The molecule has 0 spiro atoms. The predicted octanol–water partition coefficient (Wildman–Crippen LogP) is 3.71. The van der Waals surface area contributed by atoms with E-state index in [1.807, 2.05) is 0 Å². The molecule has 0 saturated heterocycles. The second-order valence-electron chi connectivity index (χ2n) is 4.34. The standard InChI is InChI=1S/C14H10F5NO2/c15-10-5-8(2-4-21)6-11(16)13(10)22-9-1-3-20-12(7-9)14(17,18)19/h1,3,5-7,21H,2,4H2. The van der Waals surface area contributed by atoms with Crippen molar-refractivity contribution in [2.75, 3.05) is 6.61 Å². The molecule has 2 aromatic rings. The Labute approximate surface area is 122 Å². The van der Waals surface area contributed by atoms with E-state index in [9.17, 15) is 22.0 Å². The molecule has 1 heterocycles. The number of ether oxygens (including phenoxy) is 1. The van der Waals surface area contributed by atoms with Gasteiger partial charge in [0.25, 0.3) is 0 Å². The van der Waals surface area contributed by atoms with Crippen molar-refractivity contribution in [3.05, 3.63) is 53.4 Å². The monoisotopic (exact) mass is 319 g/mol. The maximum atomic E-state index is 13.8. The van der Waals surface area contributed by atoms with Gasteiger partial charge in [0.2, 0.25) is 0 Å². The van der Waals surface area contributed by atoms with Crippen LogP contribution in [-0.2, 0) is 12.6 Å². The second-order valence-corrected chi connectivity index (χ2v) is 4.34. The molecule has 1 aromatic heterocycles. The van der Waals surface area contributed by atoms with Crippen molar-refractivity contribution in [3.8, 4) is 11.5 Å². The second kappa shape index (κ2) is 6.27. The van der Waals surface area contributed by atoms with Gasteiger partial charge >= 0.3 is 6.18 Å². The molecular formula is C14H10F5NO2. The molecule has 2 rings (SSSR count). The number of pyridine rings is 1.